The van der Waals surface area contributed by atoms with Crippen LogP contribution in [0.2, 0.25) is 0 Å². The molecule has 0 saturated carbocycles. The Labute approximate surface area is 218 Å². The molecule has 3 aromatic carbocycles. The van der Waals surface area contributed by atoms with E-state index >= 15 is 0 Å². The van der Waals surface area contributed by atoms with Crippen LogP contribution in [0.1, 0.15) is 37.3 Å². The predicted molar refractivity (Wildman–Crippen MR) is 127 cm³/mol. The van der Waals surface area contributed by atoms with Crippen LogP contribution in [0.25, 0.3) is 22.5 Å². The molecule has 0 unspecified atom stereocenters. The zero-order chi connectivity index (χ0) is 28.3. The molecule has 1 heterocycles. The number of aromatic nitrogens is 2. The SMILES string of the molecule is CCCCCc1cnc(-c2ccc(-c3cc(F)c(C(F)(F)Oc4cc(F)c(F)c(F)c4)c(F)c3)c(F)c2)nc1. The number of hydrogen-bond acceptors (Lipinski definition) is 3. The molecule has 0 bridgehead atoms. The largest absolute Gasteiger partial charge is 0.432 e. The normalized spacial score (nSPS) is 11.6. The van der Waals surface area contributed by atoms with Crippen LogP contribution in [0.15, 0.2) is 54.9 Å². The second-order valence-corrected chi connectivity index (χ2v) is 8.70. The van der Waals surface area contributed by atoms with Crippen LogP contribution >= 0.6 is 0 Å². The molecule has 0 aliphatic heterocycles. The summed E-state index contributed by atoms with van der Waals surface area (Å²) in [6, 6.07) is 4.75. The molecule has 0 fully saturated rings. The molecule has 0 N–H and O–H groups in total. The summed E-state index contributed by atoms with van der Waals surface area (Å²) in [5.74, 6) is -11.2. The predicted octanol–water partition coefficient (Wildman–Crippen LogP) is 8.51. The zero-order valence-electron chi connectivity index (χ0n) is 20.4. The molecule has 0 aliphatic carbocycles. The van der Waals surface area contributed by atoms with Crippen LogP contribution < -0.4 is 4.74 Å². The van der Waals surface area contributed by atoms with Crippen molar-refractivity contribution in [2.24, 2.45) is 0 Å². The van der Waals surface area contributed by atoms with Gasteiger partial charge in [-0.25, -0.2) is 36.3 Å². The highest BCUT2D eigenvalue weighted by Gasteiger charge is 2.41. The molecule has 0 spiro atoms. The van der Waals surface area contributed by atoms with Crippen molar-refractivity contribution in [2.45, 2.75) is 38.7 Å². The van der Waals surface area contributed by atoms with Gasteiger partial charge in [0, 0.05) is 35.7 Å². The van der Waals surface area contributed by atoms with E-state index in [1.807, 2.05) is 0 Å². The molecule has 0 amide bonds. The van der Waals surface area contributed by atoms with Crippen molar-refractivity contribution in [2.75, 3.05) is 0 Å². The molecule has 39 heavy (non-hydrogen) atoms. The quantitative estimate of drug-likeness (QED) is 0.119. The van der Waals surface area contributed by atoms with Gasteiger partial charge in [-0.1, -0.05) is 31.9 Å². The van der Waals surface area contributed by atoms with Crippen LogP contribution in [-0.4, -0.2) is 9.97 Å². The van der Waals surface area contributed by atoms with Crippen molar-refractivity contribution >= 4 is 0 Å². The maximum absolute atomic E-state index is 14.9. The standard InChI is InChI=1S/C28H20F8N2O/c1-2-3-4-5-15-13-37-27(38-14-15)16-6-7-19(20(29)8-16)17-9-21(30)25(22(31)10-17)28(35,36)39-18-11-23(32)26(34)24(33)12-18/h6-14H,2-5H2,1H3. The van der Waals surface area contributed by atoms with Crippen molar-refractivity contribution in [3.8, 4) is 28.3 Å². The molecule has 204 valence electrons. The van der Waals surface area contributed by atoms with Gasteiger partial charge in [-0.2, -0.15) is 8.78 Å². The molecule has 0 atom stereocenters. The van der Waals surface area contributed by atoms with Crippen molar-refractivity contribution in [3.63, 3.8) is 0 Å². The maximum Gasteiger partial charge on any atom is 0.432 e. The highest BCUT2D eigenvalue weighted by molar-refractivity contribution is 5.69. The first-order valence-corrected chi connectivity index (χ1v) is 11.8. The summed E-state index contributed by atoms with van der Waals surface area (Å²) in [5.41, 5.74) is -1.38. The molecule has 3 nitrogen and oxygen atoms in total. The third-order valence-electron chi connectivity index (χ3n) is 5.85. The first kappa shape index (κ1) is 28.0. The summed E-state index contributed by atoms with van der Waals surface area (Å²) >= 11 is 0. The van der Waals surface area contributed by atoms with Gasteiger partial charge >= 0.3 is 6.11 Å². The molecule has 11 heteroatoms. The first-order chi connectivity index (χ1) is 18.5. The van der Waals surface area contributed by atoms with Gasteiger partial charge in [-0.05, 0) is 42.2 Å². The van der Waals surface area contributed by atoms with Crippen molar-refractivity contribution in [1.82, 2.24) is 9.97 Å². The van der Waals surface area contributed by atoms with Crippen LogP contribution in [-0.2, 0) is 12.5 Å². The Morgan fingerprint density at radius 1 is 0.718 bits per heavy atom. The number of halogens is 8. The van der Waals surface area contributed by atoms with E-state index in [0.717, 1.165) is 37.3 Å². The van der Waals surface area contributed by atoms with Gasteiger partial charge in [-0.15, -0.1) is 0 Å². The van der Waals surface area contributed by atoms with Gasteiger partial charge in [0.15, 0.2) is 23.3 Å². The van der Waals surface area contributed by atoms with Gasteiger partial charge in [-0.3, -0.25) is 0 Å². The lowest BCUT2D eigenvalue weighted by Gasteiger charge is -2.20. The van der Waals surface area contributed by atoms with E-state index in [0.29, 0.717) is 12.1 Å². The van der Waals surface area contributed by atoms with Gasteiger partial charge < -0.3 is 4.74 Å². The fourth-order valence-electron chi connectivity index (χ4n) is 3.90. The number of unbranched alkanes of at least 4 members (excludes halogenated alkanes) is 2. The minimum absolute atomic E-state index is 0.0944. The maximum atomic E-state index is 14.9. The van der Waals surface area contributed by atoms with Gasteiger partial charge in [0.05, 0.1) is 0 Å². The Hall–Kier alpha value is -4.02. The summed E-state index contributed by atoms with van der Waals surface area (Å²) < 4.78 is 117. The van der Waals surface area contributed by atoms with Crippen LogP contribution in [0.4, 0.5) is 35.1 Å². The number of aryl methyl sites for hydroxylation is 1. The molecular weight excluding hydrogens is 532 g/mol. The summed E-state index contributed by atoms with van der Waals surface area (Å²) in [6.45, 7) is 2.08. The second kappa shape index (κ2) is 11.4. The molecule has 0 radical (unpaired) electrons. The van der Waals surface area contributed by atoms with Crippen molar-refractivity contribution < 1.29 is 39.9 Å². The van der Waals surface area contributed by atoms with Crippen LogP contribution in [0, 0.1) is 34.9 Å². The summed E-state index contributed by atoms with van der Waals surface area (Å²) in [7, 11) is 0. The van der Waals surface area contributed by atoms with Crippen molar-refractivity contribution in [3.05, 3.63) is 101 Å². The Morgan fingerprint density at radius 2 is 1.31 bits per heavy atom. The lowest BCUT2D eigenvalue weighted by molar-refractivity contribution is -0.189. The average molecular weight is 552 g/mol. The smallest absolute Gasteiger partial charge is 0.429 e. The first-order valence-electron chi connectivity index (χ1n) is 11.8. The average Bonchev–Trinajstić information content (AvgIpc) is 2.87. The summed E-state index contributed by atoms with van der Waals surface area (Å²) in [4.78, 5) is 8.45. The Bertz CT molecular complexity index is 1450. The molecule has 1 aromatic heterocycles. The molecular formula is C28H20F8N2O. The Morgan fingerprint density at radius 3 is 1.87 bits per heavy atom. The molecule has 4 rings (SSSR count). The van der Waals surface area contributed by atoms with Crippen molar-refractivity contribution in [1.29, 1.82) is 0 Å². The van der Waals surface area contributed by atoms with E-state index in [1.165, 1.54) is 12.1 Å². The van der Waals surface area contributed by atoms with E-state index in [2.05, 4.69) is 21.6 Å². The summed E-state index contributed by atoms with van der Waals surface area (Å²) in [6.07, 6.45) is 2.41. The zero-order valence-corrected chi connectivity index (χ0v) is 20.4. The Balaban J connectivity index is 1.58. The van der Waals surface area contributed by atoms with E-state index in [1.54, 1.807) is 12.4 Å². The third kappa shape index (κ3) is 6.18. The van der Waals surface area contributed by atoms with Crippen LogP contribution in [0.5, 0.6) is 5.75 Å². The third-order valence-corrected chi connectivity index (χ3v) is 5.85. The topological polar surface area (TPSA) is 35.0 Å². The fourth-order valence-corrected chi connectivity index (χ4v) is 3.90. The number of alkyl halides is 2. The Kier molecular flexibility index (Phi) is 8.17. The minimum Gasteiger partial charge on any atom is -0.429 e. The van der Waals surface area contributed by atoms with E-state index in [-0.39, 0.29) is 29.1 Å². The molecule has 0 saturated heterocycles. The lowest BCUT2D eigenvalue weighted by atomic mass is 10.00. The van der Waals surface area contributed by atoms with E-state index < -0.39 is 57.9 Å². The van der Waals surface area contributed by atoms with Gasteiger partial charge in [0.2, 0.25) is 0 Å². The van der Waals surface area contributed by atoms with E-state index in [4.69, 9.17) is 0 Å². The number of hydrogen-bond donors (Lipinski definition) is 0. The number of ether oxygens (including phenoxy) is 1. The lowest BCUT2D eigenvalue weighted by Crippen LogP contribution is -2.25. The number of benzene rings is 3. The summed E-state index contributed by atoms with van der Waals surface area (Å²) in [5, 5.41) is 0. The second-order valence-electron chi connectivity index (χ2n) is 8.70. The van der Waals surface area contributed by atoms with Gasteiger partial charge in [0.25, 0.3) is 0 Å². The number of nitrogens with zero attached hydrogens (tertiary/aromatic N) is 2. The monoisotopic (exact) mass is 552 g/mol. The number of rotatable bonds is 9. The van der Waals surface area contributed by atoms with Crippen LogP contribution in [0.3, 0.4) is 0 Å². The highest BCUT2D eigenvalue weighted by Crippen LogP contribution is 2.38. The van der Waals surface area contributed by atoms with E-state index in [9.17, 15) is 35.1 Å². The highest BCUT2D eigenvalue weighted by atomic mass is 19.3. The molecule has 4 aromatic rings. The minimum atomic E-state index is -4.76. The van der Waals surface area contributed by atoms with Gasteiger partial charge in [0.1, 0.15) is 28.8 Å². The molecule has 0 aliphatic rings. The fraction of sp³-hybridized carbons (Fsp3) is 0.214.